The van der Waals surface area contributed by atoms with Gasteiger partial charge in [0.05, 0.1) is 17.6 Å². The van der Waals surface area contributed by atoms with Gasteiger partial charge in [-0.3, -0.25) is 15.0 Å². The second kappa shape index (κ2) is 7.00. The summed E-state index contributed by atoms with van der Waals surface area (Å²) in [6.07, 6.45) is 1.04. The quantitative estimate of drug-likeness (QED) is 0.667. The summed E-state index contributed by atoms with van der Waals surface area (Å²) in [6, 6.07) is 5.88. The first-order chi connectivity index (χ1) is 10.1. The van der Waals surface area contributed by atoms with E-state index in [0.29, 0.717) is 18.7 Å². The van der Waals surface area contributed by atoms with E-state index in [4.69, 9.17) is 15.5 Å². The maximum Gasteiger partial charge on any atom is 0.410 e. The predicted octanol–water partition coefficient (Wildman–Crippen LogP) is 1.59. The van der Waals surface area contributed by atoms with E-state index < -0.39 is 11.0 Å². The second-order valence-corrected chi connectivity index (χ2v) is 4.82. The number of benzene rings is 1. The number of rotatable bonds is 4. The molecule has 1 atom stereocenters. The molecule has 0 saturated carbocycles. The van der Waals surface area contributed by atoms with Crippen LogP contribution in [0, 0.1) is 10.1 Å². The number of likely N-dealkylation sites (tertiary alicyclic amines) is 1. The average Bonchev–Trinajstić information content (AvgIpc) is 2.53. The summed E-state index contributed by atoms with van der Waals surface area (Å²) in [6.45, 7) is 1.09. The highest BCUT2D eigenvalue weighted by atomic mass is 16.6. The number of nitrogens with two attached hydrogens (primary N) is 1. The van der Waals surface area contributed by atoms with E-state index >= 15 is 0 Å². The number of hydrogen-bond acceptors (Lipinski definition) is 6. The lowest BCUT2D eigenvalue weighted by atomic mass is 10.1. The van der Waals surface area contributed by atoms with Crippen molar-refractivity contribution < 1.29 is 19.3 Å². The van der Waals surface area contributed by atoms with Crippen LogP contribution in [0.5, 0.6) is 0 Å². The summed E-state index contributed by atoms with van der Waals surface area (Å²) in [5, 5.41) is 10.5. The summed E-state index contributed by atoms with van der Waals surface area (Å²) in [4.78, 5) is 28.3. The Labute approximate surface area is 121 Å². The van der Waals surface area contributed by atoms with Crippen molar-refractivity contribution in [1.29, 1.82) is 0 Å². The molecule has 0 spiro atoms. The third kappa shape index (κ3) is 4.14. The summed E-state index contributed by atoms with van der Waals surface area (Å²) >= 11 is 0. The molecule has 2 rings (SSSR count). The molecular weight excluding hydrogens is 278 g/mol. The van der Waals surface area contributed by atoms with Crippen LogP contribution in [-0.4, -0.2) is 35.1 Å². The molecule has 0 aliphatic carbocycles. The Morgan fingerprint density at radius 1 is 1.43 bits per heavy atom. The van der Waals surface area contributed by atoms with E-state index in [2.05, 4.69) is 0 Å². The predicted molar refractivity (Wildman–Crippen MR) is 73.1 cm³/mol. The van der Waals surface area contributed by atoms with Crippen LogP contribution in [0.2, 0.25) is 0 Å². The van der Waals surface area contributed by atoms with Crippen molar-refractivity contribution in [2.24, 2.45) is 5.90 Å². The molecule has 1 heterocycles. The van der Waals surface area contributed by atoms with Crippen molar-refractivity contribution in [2.75, 3.05) is 13.1 Å². The van der Waals surface area contributed by atoms with E-state index in [9.17, 15) is 14.9 Å². The van der Waals surface area contributed by atoms with E-state index in [1.807, 2.05) is 0 Å². The van der Waals surface area contributed by atoms with Gasteiger partial charge in [0.1, 0.15) is 6.61 Å². The van der Waals surface area contributed by atoms with Crippen molar-refractivity contribution in [2.45, 2.75) is 25.6 Å². The average molecular weight is 295 g/mol. The highest BCUT2D eigenvalue weighted by molar-refractivity contribution is 5.67. The molecular formula is C13H17N3O5. The van der Waals surface area contributed by atoms with E-state index in [-0.39, 0.29) is 18.4 Å². The number of carbonyl (C=O) groups is 1. The molecule has 1 fully saturated rings. The van der Waals surface area contributed by atoms with Gasteiger partial charge in [-0.1, -0.05) is 0 Å². The van der Waals surface area contributed by atoms with Crippen LogP contribution in [0.25, 0.3) is 0 Å². The molecule has 1 unspecified atom stereocenters. The van der Waals surface area contributed by atoms with Crippen molar-refractivity contribution in [3.63, 3.8) is 0 Å². The standard InChI is InChI=1S/C13H17N3O5/c14-21-12-2-1-7-15(8-12)13(17)20-9-10-3-5-11(6-4-10)16(18)19/h3-6,12H,1-2,7-9,14H2. The van der Waals surface area contributed by atoms with Gasteiger partial charge in [0.15, 0.2) is 0 Å². The molecule has 0 bridgehead atoms. The molecule has 0 radical (unpaired) electrons. The van der Waals surface area contributed by atoms with Gasteiger partial charge in [0.2, 0.25) is 0 Å². The Hall–Kier alpha value is -2.19. The van der Waals surface area contributed by atoms with Crippen LogP contribution >= 0.6 is 0 Å². The SMILES string of the molecule is NOC1CCCN(C(=O)OCc2ccc([N+](=O)[O-])cc2)C1. The number of nitrogens with zero attached hydrogens (tertiary/aromatic N) is 2. The number of non-ortho nitro benzene ring substituents is 1. The highest BCUT2D eigenvalue weighted by Crippen LogP contribution is 2.15. The maximum absolute atomic E-state index is 11.9. The summed E-state index contributed by atoms with van der Waals surface area (Å²) in [5.41, 5.74) is 0.696. The molecule has 0 aromatic heterocycles. The Morgan fingerprint density at radius 3 is 2.76 bits per heavy atom. The fourth-order valence-corrected chi connectivity index (χ4v) is 2.17. The van der Waals surface area contributed by atoms with Crippen LogP contribution in [0.1, 0.15) is 18.4 Å². The third-order valence-electron chi connectivity index (χ3n) is 3.34. The van der Waals surface area contributed by atoms with Crippen LogP contribution in [-0.2, 0) is 16.2 Å². The Bertz CT molecular complexity index is 505. The minimum atomic E-state index is -0.476. The van der Waals surface area contributed by atoms with Gasteiger partial charge in [-0.2, -0.15) is 0 Å². The van der Waals surface area contributed by atoms with Gasteiger partial charge in [-0.15, -0.1) is 0 Å². The van der Waals surface area contributed by atoms with Crippen molar-refractivity contribution in [3.05, 3.63) is 39.9 Å². The first kappa shape index (κ1) is 15.2. The van der Waals surface area contributed by atoms with Gasteiger partial charge in [0.25, 0.3) is 5.69 Å². The second-order valence-electron chi connectivity index (χ2n) is 4.82. The summed E-state index contributed by atoms with van der Waals surface area (Å²) in [7, 11) is 0. The van der Waals surface area contributed by atoms with E-state index in [1.165, 1.54) is 12.1 Å². The maximum atomic E-state index is 11.9. The first-order valence-corrected chi connectivity index (χ1v) is 6.60. The van der Waals surface area contributed by atoms with E-state index in [1.54, 1.807) is 17.0 Å². The third-order valence-corrected chi connectivity index (χ3v) is 3.34. The normalized spacial score (nSPS) is 18.3. The number of amides is 1. The van der Waals surface area contributed by atoms with Gasteiger partial charge in [-0.05, 0) is 30.5 Å². The number of nitro benzene ring substituents is 1. The minimum Gasteiger partial charge on any atom is -0.445 e. The zero-order chi connectivity index (χ0) is 15.2. The van der Waals surface area contributed by atoms with Crippen LogP contribution in [0.4, 0.5) is 10.5 Å². The van der Waals surface area contributed by atoms with Gasteiger partial charge in [-0.25, -0.2) is 10.7 Å². The molecule has 1 amide bonds. The van der Waals surface area contributed by atoms with Gasteiger partial charge >= 0.3 is 6.09 Å². The van der Waals surface area contributed by atoms with Gasteiger partial charge < -0.3 is 9.64 Å². The zero-order valence-corrected chi connectivity index (χ0v) is 11.4. The molecule has 8 nitrogen and oxygen atoms in total. The number of ether oxygens (including phenoxy) is 1. The van der Waals surface area contributed by atoms with Crippen molar-refractivity contribution >= 4 is 11.8 Å². The molecule has 1 saturated heterocycles. The molecule has 21 heavy (non-hydrogen) atoms. The Kier molecular flexibility index (Phi) is 5.07. The molecule has 114 valence electrons. The van der Waals surface area contributed by atoms with Crippen LogP contribution in [0.15, 0.2) is 24.3 Å². The Morgan fingerprint density at radius 2 is 2.14 bits per heavy atom. The molecule has 1 aromatic rings. The lowest BCUT2D eigenvalue weighted by Gasteiger charge is -2.30. The molecule has 8 heteroatoms. The fourth-order valence-electron chi connectivity index (χ4n) is 2.17. The number of hydrogen-bond donors (Lipinski definition) is 1. The minimum absolute atomic E-state index is 0.00374. The molecule has 2 N–H and O–H groups in total. The lowest BCUT2D eigenvalue weighted by molar-refractivity contribution is -0.384. The lowest BCUT2D eigenvalue weighted by Crippen LogP contribution is -2.44. The first-order valence-electron chi connectivity index (χ1n) is 6.60. The smallest absolute Gasteiger partial charge is 0.410 e. The summed E-state index contributed by atoms with van der Waals surface area (Å²) < 4.78 is 5.18. The summed E-state index contributed by atoms with van der Waals surface area (Å²) in [5.74, 6) is 5.14. The number of piperidine rings is 1. The monoisotopic (exact) mass is 295 g/mol. The Balaban J connectivity index is 1.84. The van der Waals surface area contributed by atoms with Gasteiger partial charge in [0, 0.05) is 18.7 Å². The van der Waals surface area contributed by atoms with Crippen molar-refractivity contribution in [1.82, 2.24) is 4.90 Å². The topological polar surface area (TPSA) is 108 Å². The number of nitro groups is 1. The van der Waals surface area contributed by atoms with E-state index in [0.717, 1.165) is 12.8 Å². The molecule has 1 aliphatic heterocycles. The molecule has 1 aromatic carbocycles. The number of carbonyl (C=O) groups excluding carboxylic acids is 1. The zero-order valence-electron chi connectivity index (χ0n) is 11.4. The van der Waals surface area contributed by atoms with Crippen molar-refractivity contribution in [3.8, 4) is 0 Å². The fraction of sp³-hybridized carbons (Fsp3) is 0.462. The highest BCUT2D eigenvalue weighted by Gasteiger charge is 2.24. The molecule has 1 aliphatic rings. The van der Waals surface area contributed by atoms with Crippen LogP contribution < -0.4 is 5.90 Å². The largest absolute Gasteiger partial charge is 0.445 e. The van der Waals surface area contributed by atoms with Crippen LogP contribution in [0.3, 0.4) is 0 Å².